The van der Waals surface area contributed by atoms with Gasteiger partial charge in [0.25, 0.3) is 5.56 Å². The van der Waals surface area contributed by atoms with E-state index in [1.165, 1.54) is 6.08 Å². The van der Waals surface area contributed by atoms with E-state index in [0.29, 0.717) is 34.6 Å². The van der Waals surface area contributed by atoms with Crippen LogP contribution in [-0.2, 0) is 17.8 Å². The number of nitrogens with one attached hydrogen (secondary N) is 1. The summed E-state index contributed by atoms with van der Waals surface area (Å²) in [5, 5.41) is 3.31. The third-order valence-electron chi connectivity index (χ3n) is 5.18. The molecule has 1 amide bonds. The Morgan fingerprint density at radius 2 is 2.00 bits per heavy atom. The molecule has 3 aromatic rings. The second-order valence-electron chi connectivity index (χ2n) is 7.10. The highest BCUT2D eigenvalue weighted by molar-refractivity contribution is 6.03. The Morgan fingerprint density at radius 1 is 1.13 bits per heavy atom. The fourth-order valence-electron chi connectivity index (χ4n) is 3.64. The number of fused-ring (bicyclic) bond motifs is 2. The number of methoxy groups -OCH3 is 2. The maximum Gasteiger partial charge on any atom is 0.261 e. The van der Waals surface area contributed by atoms with Crippen molar-refractivity contribution in [2.24, 2.45) is 0 Å². The zero-order valence-corrected chi connectivity index (χ0v) is 17.0. The van der Waals surface area contributed by atoms with Crippen molar-refractivity contribution in [3.05, 3.63) is 64.2 Å². The van der Waals surface area contributed by atoms with Crippen LogP contribution in [0, 0.1) is 0 Å². The lowest BCUT2D eigenvalue weighted by molar-refractivity contribution is -0.111. The molecule has 30 heavy (non-hydrogen) atoms. The van der Waals surface area contributed by atoms with Crippen molar-refractivity contribution < 1.29 is 14.3 Å². The van der Waals surface area contributed by atoms with Crippen molar-refractivity contribution in [3.63, 3.8) is 0 Å². The van der Waals surface area contributed by atoms with E-state index in [0.717, 1.165) is 30.7 Å². The van der Waals surface area contributed by atoms with Crippen molar-refractivity contribution in [2.75, 3.05) is 19.5 Å². The number of aromatic nitrogens is 2. The molecule has 2 aromatic carbocycles. The highest BCUT2D eigenvalue weighted by Crippen LogP contribution is 2.25. The van der Waals surface area contributed by atoms with Gasteiger partial charge in [-0.2, -0.15) is 0 Å². The third-order valence-corrected chi connectivity index (χ3v) is 5.18. The van der Waals surface area contributed by atoms with Gasteiger partial charge in [0.2, 0.25) is 5.91 Å². The number of amides is 1. The largest absolute Gasteiger partial charge is 0.497 e. The van der Waals surface area contributed by atoms with Gasteiger partial charge in [-0.25, -0.2) is 4.98 Å². The summed E-state index contributed by atoms with van der Waals surface area (Å²) in [6.07, 6.45) is 5.93. The standard InChI is InChI=1S/C23H23N3O4/c1-29-17-8-10-20(30-2)15(13-17)6-11-22(27)24-16-7-9-19-18(14-16)23(28)26-12-4-3-5-21(26)25-19/h6-11,13-14H,3-5,12H2,1-2H3,(H,24,27). The molecule has 2 heterocycles. The first-order chi connectivity index (χ1) is 14.6. The number of aryl methyl sites for hydroxylation is 1. The third kappa shape index (κ3) is 3.91. The van der Waals surface area contributed by atoms with Crippen LogP contribution in [0.2, 0.25) is 0 Å². The maximum atomic E-state index is 12.8. The first kappa shape index (κ1) is 19.7. The molecular weight excluding hydrogens is 382 g/mol. The predicted octanol–water partition coefficient (Wildman–Crippen LogP) is 3.40. The van der Waals surface area contributed by atoms with E-state index < -0.39 is 0 Å². The van der Waals surface area contributed by atoms with E-state index in [1.54, 1.807) is 61.3 Å². The maximum absolute atomic E-state index is 12.8. The highest BCUT2D eigenvalue weighted by atomic mass is 16.5. The van der Waals surface area contributed by atoms with Crippen LogP contribution in [0.3, 0.4) is 0 Å². The summed E-state index contributed by atoms with van der Waals surface area (Å²) in [4.78, 5) is 29.9. The van der Waals surface area contributed by atoms with Gasteiger partial charge in [0.1, 0.15) is 17.3 Å². The molecule has 7 nitrogen and oxygen atoms in total. The Balaban J connectivity index is 1.57. The van der Waals surface area contributed by atoms with Crippen molar-refractivity contribution in [2.45, 2.75) is 25.8 Å². The fraction of sp³-hybridized carbons (Fsp3) is 0.261. The summed E-state index contributed by atoms with van der Waals surface area (Å²) in [5.41, 5.74) is 1.87. The number of hydrogen-bond donors (Lipinski definition) is 1. The van der Waals surface area contributed by atoms with Crippen LogP contribution in [0.1, 0.15) is 24.2 Å². The van der Waals surface area contributed by atoms with Crippen LogP contribution in [-0.4, -0.2) is 29.7 Å². The minimum atomic E-state index is -0.315. The Bertz CT molecular complexity index is 1200. The first-order valence-corrected chi connectivity index (χ1v) is 9.83. The van der Waals surface area contributed by atoms with Gasteiger partial charge in [-0.3, -0.25) is 14.2 Å². The van der Waals surface area contributed by atoms with Gasteiger partial charge in [0.05, 0.1) is 25.1 Å². The molecule has 154 valence electrons. The molecule has 1 aromatic heterocycles. The lowest BCUT2D eigenvalue weighted by atomic mass is 10.1. The van der Waals surface area contributed by atoms with E-state index in [1.807, 2.05) is 0 Å². The van der Waals surface area contributed by atoms with Crippen LogP contribution in [0.5, 0.6) is 11.5 Å². The normalized spacial score (nSPS) is 13.3. The quantitative estimate of drug-likeness (QED) is 0.658. The van der Waals surface area contributed by atoms with E-state index in [-0.39, 0.29) is 11.5 Å². The zero-order valence-electron chi connectivity index (χ0n) is 17.0. The molecule has 0 atom stereocenters. The molecule has 1 N–H and O–H groups in total. The molecule has 0 spiro atoms. The zero-order chi connectivity index (χ0) is 21.1. The number of hydrogen-bond acceptors (Lipinski definition) is 5. The Hall–Kier alpha value is -3.61. The molecule has 1 aliphatic heterocycles. The summed E-state index contributed by atoms with van der Waals surface area (Å²) in [6.45, 7) is 0.693. The second kappa shape index (κ2) is 8.41. The van der Waals surface area contributed by atoms with Crippen molar-refractivity contribution in [1.29, 1.82) is 0 Å². The number of ether oxygens (including phenoxy) is 2. The number of carbonyl (C=O) groups excluding carboxylic acids is 1. The van der Waals surface area contributed by atoms with Gasteiger partial charge >= 0.3 is 0 Å². The Kier molecular flexibility index (Phi) is 5.52. The van der Waals surface area contributed by atoms with Gasteiger partial charge in [0, 0.05) is 30.3 Å². The van der Waals surface area contributed by atoms with Crippen LogP contribution in [0.4, 0.5) is 5.69 Å². The molecule has 0 unspecified atom stereocenters. The molecule has 0 bridgehead atoms. The molecule has 4 rings (SSSR count). The fourth-order valence-corrected chi connectivity index (χ4v) is 3.64. The van der Waals surface area contributed by atoms with Crippen LogP contribution >= 0.6 is 0 Å². The summed E-state index contributed by atoms with van der Waals surface area (Å²) >= 11 is 0. The van der Waals surface area contributed by atoms with Crippen LogP contribution < -0.4 is 20.3 Å². The number of anilines is 1. The van der Waals surface area contributed by atoms with Crippen molar-refractivity contribution in [1.82, 2.24) is 9.55 Å². The average molecular weight is 405 g/mol. The number of rotatable bonds is 5. The van der Waals surface area contributed by atoms with Crippen LogP contribution in [0.15, 0.2) is 47.3 Å². The SMILES string of the molecule is COc1ccc(OC)c(C=CC(=O)Nc2ccc3nc4n(c(=O)c3c2)CCCC4)c1. The molecule has 1 aliphatic rings. The number of carbonyl (C=O) groups is 1. The predicted molar refractivity (Wildman–Crippen MR) is 116 cm³/mol. The molecule has 0 saturated heterocycles. The molecule has 0 aliphatic carbocycles. The van der Waals surface area contributed by atoms with Crippen LogP contribution in [0.25, 0.3) is 17.0 Å². The average Bonchev–Trinajstić information content (AvgIpc) is 2.78. The van der Waals surface area contributed by atoms with E-state index in [2.05, 4.69) is 10.3 Å². The van der Waals surface area contributed by atoms with E-state index in [9.17, 15) is 9.59 Å². The summed E-state index contributed by atoms with van der Waals surface area (Å²) < 4.78 is 12.3. The topological polar surface area (TPSA) is 82.4 Å². The lowest BCUT2D eigenvalue weighted by Crippen LogP contribution is -2.28. The van der Waals surface area contributed by atoms with Crippen molar-refractivity contribution in [3.8, 4) is 11.5 Å². The van der Waals surface area contributed by atoms with Gasteiger partial charge in [-0.05, 0) is 55.3 Å². The summed E-state index contributed by atoms with van der Waals surface area (Å²) in [7, 11) is 3.15. The van der Waals surface area contributed by atoms with E-state index in [4.69, 9.17) is 9.47 Å². The van der Waals surface area contributed by atoms with Crippen molar-refractivity contribution >= 4 is 28.6 Å². The van der Waals surface area contributed by atoms with Gasteiger partial charge in [0.15, 0.2) is 0 Å². The lowest BCUT2D eigenvalue weighted by Gasteiger charge is -2.17. The minimum absolute atomic E-state index is 0.0533. The molecule has 7 heteroatoms. The monoisotopic (exact) mass is 405 g/mol. The van der Waals surface area contributed by atoms with E-state index >= 15 is 0 Å². The smallest absolute Gasteiger partial charge is 0.261 e. The molecule has 0 fully saturated rings. The van der Waals surface area contributed by atoms with Gasteiger partial charge in [-0.15, -0.1) is 0 Å². The second-order valence-corrected chi connectivity index (χ2v) is 7.10. The first-order valence-electron chi connectivity index (χ1n) is 9.83. The molecule has 0 radical (unpaired) electrons. The Labute approximate surface area is 174 Å². The Morgan fingerprint density at radius 3 is 2.80 bits per heavy atom. The number of benzene rings is 2. The molecule has 0 saturated carbocycles. The summed E-state index contributed by atoms with van der Waals surface area (Å²) in [6, 6.07) is 10.6. The molecular formula is C23H23N3O4. The van der Waals surface area contributed by atoms with Gasteiger partial charge in [-0.1, -0.05) is 0 Å². The van der Waals surface area contributed by atoms with Gasteiger partial charge < -0.3 is 14.8 Å². The minimum Gasteiger partial charge on any atom is -0.497 e. The summed E-state index contributed by atoms with van der Waals surface area (Å²) in [5.74, 6) is 1.83. The number of nitrogens with zero attached hydrogens (tertiary/aromatic N) is 2. The highest BCUT2D eigenvalue weighted by Gasteiger charge is 2.15.